The summed E-state index contributed by atoms with van der Waals surface area (Å²) in [6.07, 6.45) is -2.13. The van der Waals surface area contributed by atoms with Gasteiger partial charge in [0.1, 0.15) is 29.1 Å². The lowest BCUT2D eigenvalue weighted by atomic mass is 9.84. The minimum Gasteiger partial charge on any atom is -0.496 e. The van der Waals surface area contributed by atoms with Crippen LogP contribution in [0, 0.1) is 5.92 Å². The first-order valence-corrected chi connectivity index (χ1v) is 10.3. The highest BCUT2D eigenvalue weighted by Gasteiger charge is 2.44. The smallest absolute Gasteiger partial charge is 0.422 e. The number of carboxylic acid groups (broad SMARTS) is 2. The van der Waals surface area contributed by atoms with Crippen LogP contribution >= 0.6 is 0 Å². The van der Waals surface area contributed by atoms with Crippen LogP contribution in [0.25, 0.3) is 0 Å². The van der Waals surface area contributed by atoms with Gasteiger partial charge in [0.15, 0.2) is 0 Å². The van der Waals surface area contributed by atoms with Crippen molar-refractivity contribution < 1.29 is 43.6 Å². The third-order valence-corrected chi connectivity index (χ3v) is 5.45. The van der Waals surface area contributed by atoms with E-state index in [0.717, 1.165) is 0 Å². The van der Waals surface area contributed by atoms with E-state index in [0.29, 0.717) is 28.4 Å². The van der Waals surface area contributed by atoms with Crippen molar-refractivity contribution in [3.05, 3.63) is 41.6 Å². The lowest BCUT2D eigenvalue weighted by Crippen LogP contribution is -2.65. The molecule has 2 aromatic rings. The average molecular weight is 488 g/mol. The number of hydrogen-bond acceptors (Lipinski definition) is 8. The summed E-state index contributed by atoms with van der Waals surface area (Å²) in [5, 5.41) is 23.5. The molecule has 0 aliphatic carbocycles. The Hall–Kier alpha value is -4.55. The average Bonchev–Trinajstić information content (AvgIpc) is 2.83. The molecule has 1 aliphatic rings. The zero-order valence-corrected chi connectivity index (χ0v) is 19.1. The Morgan fingerprint density at radius 3 is 2.20 bits per heavy atom. The second-order valence-electron chi connectivity index (χ2n) is 7.45. The number of methoxy groups -OCH3 is 3. The van der Waals surface area contributed by atoms with Crippen LogP contribution in [0.15, 0.2) is 30.5 Å². The maximum atomic E-state index is 12.8. The molecule has 35 heavy (non-hydrogen) atoms. The van der Waals surface area contributed by atoms with Crippen molar-refractivity contribution in [2.24, 2.45) is 5.92 Å². The molecular formula is C22H24N4O9. The summed E-state index contributed by atoms with van der Waals surface area (Å²) in [5.74, 6) is -0.475. The highest BCUT2D eigenvalue weighted by Crippen LogP contribution is 2.34. The zero-order valence-electron chi connectivity index (χ0n) is 19.1. The van der Waals surface area contributed by atoms with E-state index in [4.69, 9.17) is 24.4 Å². The Balaban J connectivity index is 1.71. The van der Waals surface area contributed by atoms with Crippen LogP contribution in [0.4, 0.5) is 15.4 Å². The molecule has 186 valence electrons. The molecule has 1 aromatic heterocycles. The van der Waals surface area contributed by atoms with E-state index in [2.05, 4.69) is 15.6 Å². The Morgan fingerprint density at radius 1 is 1.06 bits per heavy atom. The summed E-state index contributed by atoms with van der Waals surface area (Å²) in [4.78, 5) is 51.2. The normalized spacial score (nSPS) is 16.4. The van der Waals surface area contributed by atoms with Crippen LogP contribution in [0.2, 0.25) is 0 Å². The Bertz CT molecular complexity index is 1110. The first-order valence-electron chi connectivity index (χ1n) is 10.3. The number of aromatic nitrogens is 1. The first-order chi connectivity index (χ1) is 16.7. The summed E-state index contributed by atoms with van der Waals surface area (Å²) < 4.78 is 15.9. The number of amides is 4. The second kappa shape index (κ2) is 10.6. The van der Waals surface area contributed by atoms with E-state index in [-0.39, 0.29) is 29.6 Å². The topological polar surface area (TPSA) is 177 Å². The molecule has 1 saturated heterocycles. The molecule has 0 unspecified atom stereocenters. The Kier molecular flexibility index (Phi) is 7.59. The Labute approximate surface area is 199 Å². The summed E-state index contributed by atoms with van der Waals surface area (Å²) in [6.45, 7) is 0.0554. The van der Waals surface area contributed by atoms with Gasteiger partial charge in [-0.2, -0.15) is 4.90 Å². The van der Waals surface area contributed by atoms with E-state index < -0.39 is 30.1 Å². The fraction of sp³-hybridized carbons (Fsp3) is 0.318. The fourth-order valence-corrected chi connectivity index (χ4v) is 3.65. The van der Waals surface area contributed by atoms with Gasteiger partial charge in [-0.1, -0.05) is 0 Å². The molecule has 2 heterocycles. The van der Waals surface area contributed by atoms with Crippen LogP contribution in [0.1, 0.15) is 11.1 Å². The predicted octanol–water partition coefficient (Wildman–Crippen LogP) is 1.24. The number of hydrogen-bond donors (Lipinski definition) is 4. The highest BCUT2D eigenvalue weighted by atomic mass is 16.5. The SMILES string of the molecule is COc1cc(OC)c(CNC(=O)[C@H]2NC(=O)[C@@H]2Cc2ccnc(N(C(=O)O)C(=O)O)c2)c(OC)c1. The lowest BCUT2D eigenvalue weighted by Gasteiger charge is -2.35. The number of nitrogens with zero attached hydrogens (tertiary/aromatic N) is 2. The van der Waals surface area contributed by atoms with Crippen molar-refractivity contribution in [1.29, 1.82) is 0 Å². The predicted molar refractivity (Wildman–Crippen MR) is 120 cm³/mol. The molecule has 13 nitrogen and oxygen atoms in total. The summed E-state index contributed by atoms with van der Waals surface area (Å²) in [7, 11) is 4.45. The van der Waals surface area contributed by atoms with Crippen LogP contribution in [-0.4, -0.2) is 66.6 Å². The number of imide groups is 1. The molecule has 0 saturated carbocycles. The van der Waals surface area contributed by atoms with Crippen LogP contribution in [0.3, 0.4) is 0 Å². The van der Waals surface area contributed by atoms with E-state index in [1.807, 2.05) is 0 Å². The van der Waals surface area contributed by atoms with Crippen molar-refractivity contribution >= 4 is 29.8 Å². The maximum Gasteiger partial charge on any atom is 0.422 e. The van der Waals surface area contributed by atoms with Crippen molar-refractivity contribution in [2.45, 2.75) is 19.0 Å². The maximum absolute atomic E-state index is 12.8. The van der Waals surface area contributed by atoms with Gasteiger partial charge in [-0.15, -0.1) is 0 Å². The van der Waals surface area contributed by atoms with Gasteiger partial charge in [0.2, 0.25) is 11.8 Å². The fourth-order valence-electron chi connectivity index (χ4n) is 3.65. The van der Waals surface area contributed by atoms with Gasteiger partial charge in [-0.25, -0.2) is 14.6 Å². The van der Waals surface area contributed by atoms with Gasteiger partial charge < -0.3 is 35.1 Å². The van der Waals surface area contributed by atoms with Gasteiger partial charge in [0.05, 0.1) is 39.4 Å². The van der Waals surface area contributed by atoms with Gasteiger partial charge in [0, 0.05) is 18.3 Å². The third-order valence-electron chi connectivity index (χ3n) is 5.45. The quantitative estimate of drug-likeness (QED) is 0.376. The summed E-state index contributed by atoms with van der Waals surface area (Å²) in [6, 6.07) is 5.21. The van der Waals surface area contributed by atoms with Crippen molar-refractivity contribution in [1.82, 2.24) is 15.6 Å². The molecule has 0 bridgehead atoms. The van der Waals surface area contributed by atoms with Crippen molar-refractivity contribution in [3.63, 3.8) is 0 Å². The molecule has 4 N–H and O–H groups in total. The number of nitrogens with one attached hydrogen (secondary N) is 2. The standard InChI is InChI=1S/C22H24N4O9/c1-33-12-8-15(34-2)14(16(9-12)35-3)10-24-20(28)18-13(19(27)25-18)6-11-4-5-23-17(7-11)26(21(29)30)22(31)32/h4-5,7-9,13,18H,6,10H2,1-3H3,(H,24,28)(H,25,27)(H,29,30)(H,31,32)/t13-,18+/m1/s1. The minimum atomic E-state index is -1.72. The van der Waals surface area contributed by atoms with Crippen molar-refractivity contribution in [2.75, 3.05) is 26.2 Å². The van der Waals surface area contributed by atoms with E-state index in [1.54, 1.807) is 12.1 Å². The monoisotopic (exact) mass is 488 g/mol. The van der Waals surface area contributed by atoms with Crippen LogP contribution in [-0.2, 0) is 22.6 Å². The largest absolute Gasteiger partial charge is 0.496 e. The molecule has 1 aliphatic heterocycles. The number of β-lactam (4-membered cyclic amide) rings is 1. The third kappa shape index (κ3) is 5.34. The van der Waals surface area contributed by atoms with Gasteiger partial charge >= 0.3 is 12.2 Å². The number of carbonyl (C=O) groups excluding carboxylic acids is 2. The van der Waals surface area contributed by atoms with E-state index in [9.17, 15) is 19.2 Å². The number of ether oxygens (including phenoxy) is 3. The first kappa shape index (κ1) is 25.1. The van der Waals surface area contributed by atoms with Gasteiger partial charge in [-0.05, 0) is 24.1 Å². The van der Waals surface area contributed by atoms with E-state index >= 15 is 0 Å². The van der Waals surface area contributed by atoms with Crippen LogP contribution in [0.5, 0.6) is 17.2 Å². The molecule has 0 spiro atoms. The van der Waals surface area contributed by atoms with E-state index in [1.165, 1.54) is 39.7 Å². The molecular weight excluding hydrogens is 464 g/mol. The lowest BCUT2D eigenvalue weighted by molar-refractivity contribution is -0.143. The molecule has 1 fully saturated rings. The number of carbonyl (C=O) groups is 4. The summed E-state index contributed by atoms with van der Waals surface area (Å²) in [5.41, 5.74) is 1.02. The van der Waals surface area contributed by atoms with Gasteiger partial charge in [-0.3, -0.25) is 9.59 Å². The molecule has 13 heteroatoms. The number of rotatable bonds is 9. The molecule has 2 atom stereocenters. The minimum absolute atomic E-state index is 0.0554. The van der Waals surface area contributed by atoms with Crippen LogP contribution < -0.4 is 29.7 Å². The number of pyridine rings is 1. The molecule has 3 rings (SSSR count). The van der Waals surface area contributed by atoms with Gasteiger partial charge in [0.25, 0.3) is 0 Å². The molecule has 4 amide bonds. The molecule has 0 radical (unpaired) electrons. The zero-order chi connectivity index (χ0) is 25.7. The number of benzene rings is 1. The molecule has 1 aromatic carbocycles. The Morgan fingerprint density at radius 2 is 1.69 bits per heavy atom. The second-order valence-corrected chi connectivity index (χ2v) is 7.45. The summed E-state index contributed by atoms with van der Waals surface area (Å²) >= 11 is 0. The highest BCUT2D eigenvalue weighted by molar-refractivity contribution is 6.07. The number of anilines is 1. The van der Waals surface area contributed by atoms with Crippen molar-refractivity contribution in [3.8, 4) is 17.2 Å².